The summed E-state index contributed by atoms with van der Waals surface area (Å²) >= 11 is 0. The van der Waals surface area contributed by atoms with Crippen LogP contribution in [0.4, 0.5) is 4.79 Å². The molecule has 3 heterocycles. The fourth-order valence-corrected chi connectivity index (χ4v) is 4.77. The van der Waals surface area contributed by atoms with Gasteiger partial charge in [-0.05, 0) is 35.4 Å². The van der Waals surface area contributed by atoms with Crippen molar-refractivity contribution in [3.8, 4) is 5.75 Å². The van der Waals surface area contributed by atoms with Gasteiger partial charge in [-0.25, -0.2) is 4.79 Å². The molecule has 9 heteroatoms. The number of rotatable bonds is 8. The summed E-state index contributed by atoms with van der Waals surface area (Å²) in [5.41, 5.74) is 2.73. The molecule has 2 atom stereocenters. The highest BCUT2D eigenvalue weighted by atomic mass is 16.5. The number of ether oxygens (including phenoxy) is 1. The average Bonchev–Trinajstić information content (AvgIpc) is 3.57. The fourth-order valence-electron chi connectivity index (χ4n) is 4.77. The second-order valence-corrected chi connectivity index (χ2v) is 9.01. The molecule has 2 aliphatic heterocycles. The Balaban J connectivity index is 1.45. The van der Waals surface area contributed by atoms with Gasteiger partial charge in [-0.15, -0.1) is 0 Å². The number of amides is 4. The third-order valence-corrected chi connectivity index (χ3v) is 6.81. The van der Waals surface area contributed by atoms with E-state index in [-0.39, 0.29) is 30.9 Å². The highest BCUT2D eigenvalue weighted by molar-refractivity contribution is 6.03. The van der Waals surface area contributed by atoms with Gasteiger partial charge in [0.05, 0.1) is 43.8 Å². The van der Waals surface area contributed by atoms with Crippen LogP contribution in [-0.4, -0.2) is 54.4 Å². The molecule has 0 spiro atoms. The average molecular weight is 501 g/mol. The van der Waals surface area contributed by atoms with Crippen LogP contribution in [0.3, 0.4) is 0 Å². The first-order valence-corrected chi connectivity index (χ1v) is 12.0. The lowest BCUT2D eigenvalue weighted by Crippen LogP contribution is -2.49. The molecule has 0 radical (unpaired) electrons. The normalized spacial score (nSPS) is 17.9. The number of nitrogens with one attached hydrogen (secondary N) is 2. The van der Waals surface area contributed by atoms with Gasteiger partial charge in [0.2, 0.25) is 5.91 Å². The first-order valence-electron chi connectivity index (χ1n) is 12.0. The minimum atomic E-state index is -0.782. The maximum Gasteiger partial charge on any atom is 0.322 e. The minimum Gasteiger partial charge on any atom is -0.497 e. The van der Waals surface area contributed by atoms with Gasteiger partial charge in [0.1, 0.15) is 17.6 Å². The summed E-state index contributed by atoms with van der Waals surface area (Å²) in [6, 6.07) is 18.6. The molecule has 37 heavy (non-hydrogen) atoms. The molecule has 0 bridgehead atoms. The Hall–Kier alpha value is -4.53. The van der Waals surface area contributed by atoms with Gasteiger partial charge in [-0.3, -0.25) is 14.5 Å². The standard InChI is InChI=1S/C28H28N4O5/c1-31-23-17-32(27(34)24(23)25(30-28(31)35)19-10-12-20(36-2)13-11-19)22(15-18-7-4-3-5-8-18)26(33)29-16-21-9-6-14-37-21/h3-14,22,25H,15-17H2,1-2H3,(H,29,33)(H,30,35). The number of benzene rings is 2. The van der Waals surface area contributed by atoms with E-state index in [1.165, 1.54) is 4.90 Å². The van der Waals surface area contributed by atoms with Crippen molar-refractivity contribution in [2.45, 2.75) is 25.0 Å². The van der Waals surface area contributed by atoms with Crippen molar-refractivity contribution in [2.75, 3.05) is 20.7 Å². The Morgan fingerprint density at radius 3 is 2.54 bits per heavy atom. The first kappa shape index (κ1) is 24.2. The SMILES string of the molecule is COc1ccc(C2NC(=O)N(C)C3=C2C(=O)N(C(Cc2ccccc2)C(=O)NCc2ccco2)C3)cc1. The van der Waals surface area contributed by atoms with Crippen LogP contribution >= 0.6 is 0 Å². The third-order valence-electron chi connectivity index (χ3n) is 6.81. The first-order chi connectivity index (χ1) is 18.0. The fraction of sp³-hybridized carbons (Fsp3) is 0.250. The van der Waals surface area contributed by atoms with Crippen LogP contribution < -0.4 is 15.4 Å². The van der Waals surface area contributed by atoms with Gasteiger partial charge in [-0.1, -0.05) is 42.5 Å². The molecule has 1 aromatic heterocycles. The molecule has 2 N–H and O–H groups in total. The summed E-state index contributed by atoms with van der Waals surface area (Å²) in [5, 5.41) is 5.84. The molecule has 4 amide bonds. The van der Waals surface area contributed by atoms with Gasteiger partial charge in [0.15, 0.2) is 0 Å². The molecule has 5 rings (SSSR count). The van der Waals surface area contributed by atoms with Crippen LogP contribution in [-0.2, 0) is 22.6 Å². The van der Waals surface area contributed by atoms with E-state index in [1.807, 2.05) is 42.5 Å². The Labute approximate surface area is 214 Å². The predicted molar refractivity (Wildman–Crippen MR) is 135 cm³/mol. The van der Waals surface area contributed by atoms with Crippen molar-refractivity contribution in [3.63, 3.8) is 0 Å². The molecule has 2 unspecified atom stereocenters. The number of carbonyl (C=O) groups excluding carboxylic acids is 3. The van der Waals surface area contributed by atoms with E-state index >= 15 is 0 Å². The molecule has 0 saturated carbocycles. The summed E-state index contributed by atoms with van der Waals surface area (Å²) < 4.78 is 10.6. The summed E-state index contributed by atoms with van der Waals surface area (Å²) in [7, 11) is 3.21. The zero-order valence-corrected chi connectivity index (χ0v) is 20.6. The van der Waals surface area contributed by atoms with E-state index in [0.29, 0.717) is 29.2 Å². The topological polar surface area (TPSA) is 104 Å². The van der Waals surface area contributed by atoms with Gasteiger partial charge in [0.25, 0.3) is 5.91 Å². The molecule has 0 fully saturated rings. The van der Waals surface area contributed by atoms with E-state index < -0.39 is 12.1 Å². The lowest BCUT2D eigenvalue weighted by atomic mass is 9.95. The Bertz CT molecular complexity index is 1320. The Kier molecular flexibility index (Phi) is 6.68. The number of urea groups is 1. The highest BCUT2D eigenvalue weighted by Gasteiger charge is 2.46. The molecule has 9 nitrogen and oxygen atoms in total. The molecular formula is C28H28N4O5. The lowest BCUT2D eigenvalue weighted by molar-refractivity contribution is -0.136. The van der Waals surface area contributed by atoms with E-state index in [9.17, 15) is 14.4 Å². The van der Waals surface area contributed by atoms with E-state index in [1.54, 1.807) is 49.6 Å². The number of methoxy groups -OCH3 is 1. The molecule has 3 aromatic rings. The van der Waals surface area contributed by atoms with Gasteiger partial charge in [-0.2, -0.15) is 0 Å². The maximum atomic E-state index is 13.9. The number of carbonyl (C=O) groups is 3. The van der Waals surface area contributed by atoms with E-state index in [0.717, 1.165) is 11.1 Å². The summed E-state index contributed by atoms with van der Waals surface area (Å²) in [5.74, 6) is 0.715. The number of likely N-dealkylation sites (N-methyl/N-ethyl adjacent to an activating group) is 1. The summed E-state index contributed by atoms with van der Waals surface area (Å²) in [6.45, 7) is 0.358. The van der Waals surface area contributed by atoms with Crippen molar-refractivity contribution >= 4 is 17.8 Å². The number of hydrogen-bond acceptors (Lipinski definition) is 5. The van der Waals surface area contributed by atoms with Gasteiger partial charge >= 0.3 is 6.03 Å². The molecule has 2 aromatic carbocycles. The van der Waals surface area contributed by atoms with Crippen molar-refractivity contribution in [3.05, 3.63) is 101 Å². The quantitative estimate of drug-likeness (QED) is 0.495. The Morgan fingerprint density at radius 1 is 1.11 bits per heavy atom. The number of hydrogen-bond donors (Lipinski definition) is 2. The largest absolute Gasteiger partial charge is 0.497 e. The van der Waals surface area contributed by atoms with E-state index in [2.05, 4.69) is 10.6 Å². The zero-order valence-electron chi connectivity index (χ0n) is 20.6. The molecule has 2 aliphatic rings. The highest BCUT2D eigenvalue weighted by Crippen LogP contribution is 2.37. The van der Waals surface area contributed by atoms with Crippen molar-refractivity contribution in [1.29, 1.82) is 0 Å². The maximum absolute atomic E-state index is 13.9. The summed E-state index contributed by atoms with van der Waals surface area (Å²) in [4.78, 5) is 43.2. The van der Waals surface area contributed by atoms with Crippen LogP contribution in [0.2, 0.25) is 0 Å². The smallest absolute Gasteiger partial charge is 0.322 e. The van der Waals surface area contributed by atoms with Crippen molar-refractivity contribution < 1.29 is 23.5 Å². The zero-order chi connectivity index (χ0) is 25.9. The van der Waals surface area contributed by atoms with Crippen molar-refractivity contribution in [1.82, 2.24) is 20.4 Å². The van der Waals surface area contributed by atoms with Crippen LogP contribution in [0.1, 0.15) is 22.9 Å². The lowest BCUT2D eigenvalue weighted by Gasteiger charge is -2.31. The predicted octanol–water partition coefficient (Wildman–Crippen LogP) is 3.01. The molecule has 0 saturated heterocycles. The molecule has 0 aliphatic carbocycles. The van der Waals surface area contributed by atoms with Crippen LogP contribution in [0.15, 0.2) is 88.7 Å². The number of nitrogens with zero attached hydrogens (tertiary/aromatic N) is 2. The van der Waals surface area contributed by atoms with Gasteiger partial charge in [0, 0.05) is 13.5 Å². The van der Waals surface area contributed by atoms with E-state index in [4.69, 9.17) is 9.15 Å². The molecular weight excluding hydrogens is 472 g/mol. The minimum absolute atomic E-state index is 0.149. The van der Waals surface area contributed by atoms with Gasteiger partial charge < -0.3 is 24.7 Å². The van der Waals surface area contributed by atoms with Crippen LogP contribution in [0.5, 0.6) is 5.75 Å². The van der Waals surface area contributed by atoms with Crippen molar-refractivity contribution in [2.24, 2.45) is 0 Å². The third kappa shape index (κ3) is 4.80. The second-order valence-electron chi connectivity index (χ2n) is 9.01. The van der Waals surface area contributed by atoms with Crippen LogP contribution in [0.25, 0.3) is 0 Å². The van der Waals surface area contributed by atoms with Crippen LogP contribution in [0, 0.1) is 0 Å². The second kappa shape index (κ2) is 10.2. The Morgan fingerprint density at radius 2 is 1.86 bits per heavy atom. The molecule has 190 valence electrons. The number of furan rings is 1. The summed E-state index contributed by atoms with van der Waals surface area (Å²) in [6.07, 6.45) is 1.87. The monoisotopic (exact) mass is 500 g/mol.